The van der Waals surface area contributed by atoms with Gasteiger partial charge in [0.25, 0.3) is 5.56 Å². The van der Waals surface area contributed by atoms with Crippen LogP contribution in [-0.4, -0.2) is 19.7 Å². The molecule has 19 heavy (non-hydrogen) atoms. The molecule has 0 amide bonds. The molecule has 100 valence electrons. The quantitative estimate of drug-likeness (QED) is 0.794. The maximum Gasteiger partial charge on any atom is 0.276 e. The van der Waals surface area contributed by atoms with E-state index in [-0.39, 0.29) is 5.56 Å². The lowest BCUT2D eigenvalue weighted by atomic mass is 10.1. The smallest absolute Gasteiger partial charge is 0.276 e. The molecule has 0 aliphatic heterocycles. The van der Waals surface area contributed by atoms with E-state index < -0.39 is 0 Å². The van der Waals surface area contributed by atoms with Crippen LogP contribution in [0.4, 0.5) is 0 Å². The van der Waals surface area contributed by atoms with Crippen LogP contribution in [0.3, 0.4) is 0 Å². The number of rotatable bonds is 1. The number of H-pyrrole nitrogens is 1. The van der Waals surface area contributed by atoms with E-state index in [4.69, 9.17) is 0 Å². The zero-order chi connectivity index (χ0) is 13.4. The fourth-order valence-corrected chi connectivity index (χ4v) is 2.74. The number of aromatic nitrogens is 4. The second kappa shape index (κ2) is 4.64. The molecule has 0 saturated heterocycles. The number of aryl methyl sites for hydroxylation is 3. The first-order valence-corrected chi connectivity index (χ1v) is 6.80. The second-order valence-corrected chi connectivity index (χ2v) is 5.18. The topological polar surface area (TPSA) is 63.6 Å². The average molecular weight is 258 g/mol. The number of hydrogen-bond acceptors (Lipinski definition) is 3. The van der Waals surface area contributed by atoms with Crippen LogP contribution in [0.25, 0.3) is 5.82 Å². The van der Waals surface area contributed by atoms with Gasteiger partial charge in [-0.25, -0.2) is 14.6 Å². The van der Waals surface area contributed by atoms with Crippen LogP contribution < -0.4 is 5.56 Å². The van der Waals surface area contributed by atoms with Crippen molar-refractivity contribution < 1.29 is 0 Å². The van der Waals surface area contributed by atoms with Gasteiger partial charge in [-0.3, -0.25) is 9.89 Å². The number of hydrogen-bond donors (Lipinski definition) is 1. The fraction of sp³-hybridized carbons (Fsp3) is 0.500. The highest BCUT2D eigenvalue weighted by molar-refractivity contribution is 5.28. The second-order valence-electron chi connectivity index (χ2n) is 5.18. The molecule has 0 unspecified atom stereocenters. The van der Waals surface area contributed by atoms with Crippen molar-refractivity contribution >= 4 is 0 Å². The van der Waals surface area contributed by atoms with Crippen molar-refractivity contribution in [1.29, 1.82) is 0 Å². The molecule has 2 aromatic heterocycles. The maximum absolute atomic E-state index is 12.5. The van der Waals surface area contributed by atoms with Gasteiger partial charge in [-0.1, -0.05) is 6.42 Å². The Balaban J connectivity index is 2.13. The molecule has 1 aliphatic rings. The van der Waals surface area contributed by atoms with Crippen LogP contribution in [-0.2, 0) is 12.8 Å². The lowest BCUT2D eigenvalue weighted by Crippen LogP contribution is -2.19. The van der Waals surface area contributed by atoms with Gasteiger partial charge < -0.3 is 0 Å². The number of nitrogens with one attached hydrogen (secondary N) is 1. The summed E-state index contributed by atoms with van der Waals surface area (Å²) in [4.78, 5) is 21.1. The van der Waals surface area contributed by atoms with Crippen molar-refractivity contribution in [3.8, 4) is 5.82 Å². The standard InChI is InChI=1S/C14H18N4O/c1-9-8-13(16-10(2)15-9)18-14(19)11-6-4-3-5-7-12(11)17-18/h8,17H,3-7H2,1-2H3. The molecule has 0 saturated carbocycles. The molecule has 2 heterocycles. The van der Waals surface area contributed by atoms with Crippen molar-refractivity contribution in [3.63, 3.8) is 0 Å². The van der Waals surface area contributed by atoms with Gasteiger partial charge in [0.05, 0.1) is 0 Å². The van der Waals surface area contributed by atoms with Gasteiger partial charge in [-0.15, -0.1) is 0 Å². The Bertz CT molecular complexity index is 648. The summed E-state index contributed by atoms with van der Waals surface area (Å²) in [5, 5.41) is 3.23. The van der Waals surface area contributed by atoms with Gasteiger partial charge in [0.1, 0.15) is 5.82 Å². The van der Waals surface area contributed by atoms with E-state index in [2.05, 4.69) is 15.1 Å². The van der Waals surface area contributed by atoms with Gasteiger partial charge in [0.2, 0.25) is 0 Å². The van der Waals surface area contributed by atoms with Crippen molar-refractivity contribution in [2.45, 2.75) is 46.0 Å². The number of nitrogens with zero attached hydrogens (tertiary/aromatic N) is 3. The normalized spacial score (nSPS) is 15.1. The van der Waals surface area contributed by atoms with E-state index in [0.717, 1.165) is 42.6 Å². The molecule has 1 aliphatic carbocycles. The third-order valence-electron chi connectivity index (χ3n) is 3.61. The summed E-state index contributed by atoms with van der Waals surface area (Å²) in [7, 11) is 0. The Hall–Kier alpha value is -1.91. The maximum atomic E-state index is 12.5. The lowest BCUT2D eigenvalue weighted by molar-refractivity contribution is 0.685. The van der Waals surface area contributed by atoms with Crippen LogP contribution in [0.15, 0.2) is 10.9 Å². The summed E-state index contributed by atoms with van der Waals surface area (Å²) in [6, 6.07) is 1.84. The average Bonchev–Trinajstić information content (AvgIpc) is 2.55. The van der Waals surface area contributed by atoms with Crippen molar-refractivity contribution in [2.24, 2.45) is 0 Å². The SMILES string of the molecule is Cc1cc(-n2[nH]c3c(c2=O)CCCCC3)nc(C)n1. The Morgan fingerprint density at radius 2 is 1.95 bits per heavy atom. The van der Waals surface area contributed by atoms with Gasteiger partial charge >= 0.3 is 0 Å². The summed E-state index contributed by atoms with van der Waals surface area (Å²) in [6.07, 6.45) is 5.28. The third kappa shape index (κ3) is 2.20. The van der Waals surface area contributed by atoms with E-state index >= 15 is 0 Å². The van der Waals surface area contributed by atoms with Crippen molar-refractivity contribution in [2.75, 3.05) is 0 Å². The van der Waals surface area contributed by atoms with Crippen LogP contribution in [0.2, 0.25) is 0 Å². The summed E-state index contributed by atoms with van der Waals surface area (Å²) in [5.74, 6) is 1.33. The Kier molecular flexibility index (Phi) is 2.97. The Morgan fingerprint density at radius 1 is 1.16 bits per heavy atom. The molecule has 0 spiro atoms. The van der Waals surface area contributed by atoms with E-state index in [0.29, 0.717) is 11.6 Å². The predicted molar refractivity (Wildman–Crippen MR) is 72.7 cm³/mol. The summed E-state index contributed by atoms with van der Waals surface area (Å²) >= 11 is 0. The zero-order valence-corrected chi connectivity index (χ0v) is 11.4. The lowest BCUT2D eigenvalue weighted by Gasteiger charge is -2.03. The zero-order valence-electron chi connectivity index (χ0n) is 11.4. The van der Waals surface area contributed by atoms with E-state index in [1.807, 2.05) is 19.9 Å². The highest BCUT2D eigenvalue weighted by Gasteiger charge is 2.17. The molecule has 5 nitrogen and oxygen atoms in total. The fourth-order valence-electron chi connectivity index (χ4n) is 2.74. The highest BCUT2D eigenvalue weighted by atomic mass is 16.1. The van der Waals surface area contributed by atoms with Gasteiger partial charge in [0, 0.05) is 23.0 Å². The monoisotopic (exact) mass is 258 g/mol. The van der Waals surface area contributed by atoms with Crippen LogP contribution in [0, 0.1) is 13.8 Å². The molecule has 0 radical (unpaired) electrons. The summed E-state index contributed by atoms with van der Waals surface area (Å²) < 4.78 is 1.57. The van der Waals surface area contributed by atoms with Crippen LogP contribution >= 0.6 is 0 Å². The van der Waals surface area contributed by atoms with Crippen molar-refractivity contribution in [1.82, 2.24) is 19.7 Å². The summed E-state index contributed by atoms with van der Waals surface area (Å²) in [5.41, 5.74) is 2.94. The first kappa shape index (κ1) is 12.1. The summed E-state index contributed by atoms with van der Waals surface area (Å²) in [6.45, 7) is 3.76. The number of aromatic amines is 1. The van der Waals surface area contributed by atoms with Crippen LogP contribution in [0.5, 0.6) is 0 Å². The molecular formula is C14H18N4O. The Labute approximate surface area is 111 Å². The van der Waals surface area contributed by atoms with E-state index in [1.165, 1.54) is 6.42 Å². The first-order chi connectivity index (χ1) is 9.15. The largest absolute Gasteiger partial charge is 0.293 e. The number of fused-ring (bicyclic) bond motifs is 1. The predicted octanol–water partition coefficient (Wildman–Crippen LogP) is 1.84. The minimum absolute atomic E-state index is 0.0504. The first-order valence-electron chi connectivity index (χ1n) is 6.80. The molecule has 1 N–H and O–H groups in total. The van der Waals surface area contributed by atoms with Gasteiger partial charge in [-0.2, -0.15) is 0 Å². The Morgan fingerprint density at radius 3 is 2.74 bits per heavy atom. The van der Waals surface area contributed by atoms with Crippen molar-refractivity contribution in [3.05, 3.63) is 39.2 Å². The van der Waals surface area contributed by atoms with E-state index in [9.17, 15) is 4.79 Å². The molecule has 5 heteroatoms. The molecule has 0 bridgehead atoms. The van der Waals surface area contributed by atoms with Crippen LogP contribution in [0.1, 0.15) is 42.0 Å². The molecule has 0 fully saturated rings. The minimum atomic E-state index is 0.0504. The molecule has 0 aromatic carbocycles. The van der Waals surface area contributed by atoms with E-state index in [1.54, 1.807) is 4.68 Å². The minimum Gasteiger partial charge on any atom is -0.293 e. The van der Waals surface area contributed by atoms with Gasteiger partial charge in [-0.05, 0) is 39.5 Å². The van der Waals surface area contributed by atoms with Gasteiger partial charge in [0.15, 0.2) is 5.82 Å². The molecule has 2 aromatic rings. The molecular weight excluding hydrogens is 240 g/mol. The third-order valence-corrected chi connectivity index (χ3v) is 3.61. The molecule has 0 atom stereocenters. The molecule has 3 rings (SSSR count). The highest BCUT2D eigenvalue weighted by Crippen LogP contribution is 2.17.